The summed E-state index contributed by atoms with van der Waals surface area (Å²) in [6, 6.07) is 22.2. The number of aliphatic hydroxyl groups excluding tert-OH is 1. The lowest BCUT2D eigenvalue weighted by Crippen LogP contribution is -1.99. The van der Waals surface area contributed by atoms with Crippen molar-refractivity contribution < 1.29 is 9.84 Å². The SMILES string of the molecule is OC(c1cccc(OCc2ccc3ccccc3c2)c1)c1cncs1. The minimum Gasteiger partial charge on any atom is -0.489 e. The molecular weight excluding hydrogens is 330 g/mol. The molecule has 0 aliphatic heterocycles. The Hall–Kier alpha value is -2.69. The van der Waals surface area contributed by atoms with E-state index in [1.807, 2.05) is 36.4 Å². The summed E-state index contributed by atoms with van der Waals surface area (Å²) >= 11 is 1.44. The van der Waals surface area contributed by atoms with Gasteiger partial charge in [0.05, 0.1) is 10.4 Å². The average Bonchev–Trinajstić information content (AvgIpc) is 3.20. The molecule has 0 radical (unpaired) electrons. The first-order chi connectivity index (χ1) is 12.3. The highest BCUT2D eigenvalue weighted by molar-refractivity contribution is 7.09. The van der Waals surface area contributed by atoms with Crippen LogP contribution in [0.3, 0.4) is 0 Å². The smallest absolute Gasteiger partial charge is 0.120 e. The van der Waals surface area contributed by atoms with Crippen LogP contribution in [0, 0.1) is 0 Å². The van der Waals surface area contributed by atoms with Crippen molar-refractivity contribution >= 4 is 22.1 Å². The number of hydrogen-bond acceptors (Lipinski definition) is 4. The zero-order valence-electron chi connectivity index (χ0n) is 13.5. The molecule has 3 nitrogen and oxygen atoms in total. The molecule has 4 heteroatoms. The molecule has 1 atom stereocenters. The van der Waals surface area contributed by atoms with Crippen LogP contribution in [0.5, 0.6) is 5.75 Å². The molecule has 0 fully saturated rings. The number of aromatic nitrogens is 1. The first-order valence-electron chi connectivity index (χ1n) is 8.06. The number of hydrogen-bond donors (Lipinski definition) is 1. The highest BCUT2D eigenvalue weighted by Gasteiger charge is 2.12. The van der Waals surface area contributed by atoms with Gasteiger partial charge in [-0.1, -0.05) is 48.5 Å². The summed E-state index contributed by atoms with van der Waals surface area (Å²) in [7, 11) is 0. The largest absolute Gasteiger partial charge is 0.489 e. The standard InChI is InChI=1S/C21H17NO2S/c23-21(20-12-22-14-25-20)18-6-3-7-19(11-18)24-13-15-8-9-16-4-1-2-5-17(16)10-15/h1-12,14,21,23H,13H2. The molecule has 0 aliphatic rings. The Labute approximate surface area is 150 Å². The minimum atomic E-state index is -0.670. The summed E-state index contributed by atoms with van der Waals surface area (Å²) in [5.41, 5.74) is 3.64. The maximum absolute atomic E-state index is 10.4. The van der Waals surface area contributed by atoms with Crippen molar-refractivity contribution in [2.75, 3.05) is 0 Å². The van der Waals surface area contributed by atoms with Gasteiger partial charge in [-0.15, -0.1) is 11.3 Å². The predicted octanol–water partition coefficient (Wildman–Crippen LogP) is 4.96. The fourth-order valence-electron chi connectivity index (χ4n) is 2.79. The molecule has 0 bridgehead atoms. The normalized spacial score (nSPS) is 12.2. The van der Waals surface area contributed by atoms with Crippen molar-refractivity contribution in [1.82, 2.24) is 4.98 Å². The van der Waals surface area contributed by atoms with Crippen molar-refractivity contribution in [3.05, 3.63) is 94.4 Å². The lowest BCUT2D eigenvalue weighted by atomic mass is 10.1. The van der Waals surface area contributed by atoms with E-state index >= 15 is 0 Å². The second-order valence-electron chi connectivity index (χ2n) is 5.85. The molecule has 0 saturated heterocycles. The van der Waals surface area contributed by atoms with E-state index < -0.39 is 6.10 Å². The Morgan fingerprint density at radius 3 is 2.68 bits per heavy atom. The first kappa shape index (κ1) is 15.8. The lowest BCUT2D eigenvalue weighted by Gasteiger charge is -2.12. The van der Waals surface area contributed by atoms with Crippen LogP contribution in [0.15, 0.2) is 78.4 Å². The van der Waals surface area contributed by atoms with Crippen LogP contribution in [-0.4, -0.2) is 10.1 Å². The monoisotopic (exact) mass is 347 g/mol. The Morgan fingerprint density at radius 2 is 1.84 bits per heavy atom. The third-order valence-corrected chi connectivity index (χ3v) is 4.94. The molecule has 1 N–H and O–H groups in total. The Balaban J connectivity index is 1.49. The molecule has 4 aromatic rings. The molecule has 124 valence electrons. The van der Waals surface area contributed by atoms with Crippen molar-refractivity contribution in [3.63, 3.8) is 0 Å². The second-order valence-corrected chi connectivity index (χ2v) is 6.77. The second kappa shape index (κ2) is 7.05. The molecule has 0 spiro atoms. The Bertz CT molecular complexity index is 982. The van der Waals surface area contributed by atoms with Crippen molar-refractivity contribution in [3.8, 4) is 5.75 Å². The van der Waals surface area contributed by atoms with Gasteiger partial charge in [-0.2, -0.15) is 0 Å². The zero-order chi connectivity index (χ0) is 17.1. The van der Waals surface area contributed by atoms with Crippen LogP contribution in [0.2, 0.25) is 0 Å². The third kappa shape index (κ3) is 3.55. The van der Waals surface area contributed by atoms with E-state index in [4.69, 9.17) is 4.74 Å². The topological polar surface area (TPSA) is 42.4 Å². The van der Waals surface area contributed by atoms with E-state index in [0.717, 1.165) is 21.8 Å². The molecule has 0 aliphatic carbocycles. The van der Waals surface area contributed by atoms with Crippen molar-refractivity contribution in [2.45, 2.75) is 12.7 Å². The maximum atomic E-state index is 10.4. The molecule has 1 unspecified atom stereocenters. The fraction of sp³-hybridized carbons (Fsp3) is 0.0952. The number of benzene rings is 3. The van der Waals surface area contributed by atoms with Gasteiger partial charge in [0.1, 0.15) is 18.5 Å². The van der Waals surface area contributed by atoms with Gasteiger partial charge in [0.2, 0.25) is 0 Å². The average molecular weight is 347 g/mol. The molecule has 0 saturated carbocycles. The summed E-state index contributed by atoms with van der Waals surface area (Å²) < 4.78 is 5.93. The van der Waals surface area contributed by atoms with E-state index in [1.165, 1.54) is 22.1 Å². The molecule has 1 heterocycles. The molecule has 4 rings (SSSR count). The van der Waals surface area contributed by atoms with Crippen LogP contribution in [0.25, 0.3) is 10.8 Å². The summed E-state index contributed by atoms with van der Waals surface area (Å²) in [6.07, 6.45) is 1.02. The molecule has 3 aromatic carbocycles. The van der Waals surface area contributed by atoms with Gasteiger partial charge < -0.3 is 9.84 Å². The maximum Gasteiger partial charge on any atom is 0.120 e. The van der Waals surface area contributed by atoms with Gasteiger partial charge in [-0.05, 0) is 40.1 Å². The molecule has 1 aromatic heterocycles. The molecule has 0 amide bonds. The van der Waals surface area contributed by atoms with Crippen LogP contribution >= 0.6 is 11.3 Å². The number of aliphatic hydroxyl groups is 1. The van der Waals surface area contributed by atoms with Gasteiger partial charge in [-0.3, -0.25) is 4.98 Å². The van der Waals surface area contributed by atoms with E-state index in [-0.39, 0.29) is 0 Å². The van der Waals surface area contributed by atoms with Gasteiger partial charge >= 0.3 is 0 Å². The highest BCUT2D eigenvalue weighted by Crippen LogP contribution is 2.27. The van der Waals surface area contributed by atoms with E-state index in [2.05, 4.69) is 35.3 Å². The van der Waals surface area contributed by atoms with Crippen LogP contribution in [0.1, 0.15) is 22.1 Å². The summed E-state index contributed by atoms with van der Waals surface area (Å²) in [5, 5.41) is 12.9. The summed E-state index contributed by atoms with van der Waals surface area (Å²) in [6.45, 7) is 0.491. The van der Waals surface area contributed by atoms with E-state index in [0.29, 0.717) is 6.61 Å². The zero-order valence-corrected chi connectivity index (χ0v) is 14.3. The number of nitrogens with zero attached hydrogens (tertiary/aromatic N) is 1. The summed E-state index contributed by atoms with van der Waals surface area (Å²) in [4.78, 5) is 4.84. The highest BCUT2D eigenvalue weighted by atomic mass is 32.1. The lowest BCUT2D eigenvalue weighted by molar-refractivity contribution is 0.222. The van der Waals surface area contributed by atoms with E-state index in [9.17, 15) is 5.11 Å². The number of rotatable bonds is 5. The van der Waals surface area contributed by atoms with Gasteiger partial charge in [0.15, 0.2) is 0 Å². The third-order valence-electron chi connectivity index (χ3n) is 4.11. The number of fused-ring (bicyclic) bond motifs is 1. The molecule has 25 heavy (non-hydrogen) atoms. The first-order valence-corrected chi connectivity index (χ1v) is 8.94. The molecular formula is C21H17NO2S. The number of thiazole rings is 1. The fourth-order valence-corrected chi connectivity index (χ4v) is 3.42. The minimum absolute atomic E-state index is 0.491. The van der Waals surface area contributed by atoms with Crippen molar-refractivity contribution in [2.24, 2.45) is 0 Å². The number of ether oxygens (including phenoxy) is 1. The predicted molar refractivity (Wildman–Crippen MR) is 101 cm³/mol. The summed E-state index contributed by atoms with van der Waals surface area (Å²) in [5.74, 6) is 0.745. The van der Waals surface area contributed by atoms with Crippen molar-refractivity contribution in [1.29, 1.82) is 0 Å². The van der Waals surface area contributed by atoms with Gasteiger partial charge in [0.25, 0.3) is 0 Å². The van der Waals surface area contributed by atoms with Crippen LogP contribution in [-0.2, 0) is 6.61 Å². The Kier molecular flexibility index (Phi) is 4.46. The quantitative estimate of drug-likeness (QED) is 0.555. The van der Waals surface area contributed by atoms with Crippen LogP contribution < -0.4 is 4.74 Å². The van der Waals surface area contributed by atoms with E-state index in [1.54, 1.807) is 11.7 Å². The van der Waals surface area contributed by atoms with Gasteiger partial charge in [-0.25, -0.2) is 0 Å². The van der Waals surface area contributed by atoms with Crippen LogP contribution in [0.4, 0.5) is 0 Å². The Morgan fingerprint density at radius 1 is 0.960 bits per heavy atom. The van der Waals surface area contributed by atoms with Gasteiger partial charge in [0, 0.05) is 6.20 Å².